The van der Waals surface area contributed by atoms with Gasteiger partial charge in [-0.05, 0) is 42.3 Å². The number of carbonyl (C=O) groups is 2. The van der Waals surface area contributed by atoms with E-state index in [1.165, 1.54) is 0 Å². The number of aromatic hydroxyl groups is 1. The van der Waals surface area contributed by atoms with Gasteiger partial charge in [0, 0.05) is 13.1 Å². The van der Waals surface area contributed by atoms with Crippen LogP contribution >= 0.6 is 0 Å². The Labute approximate surface area is 152 Å². The normalized spacial score (nSPS) is 15.3. The Balaban J connectivity index is 1.62. The van der Waals surface area contributed by atoms with Gasteiger partial charge in [0.25, 0.3) is 5.91 Å². The molecule has 1 fully saturated rings. The molecule has 1 saturated heterocycles. The maximum atomic E-state index is 12.3. The summed E-state index contributed by atoms with van der Waals surface area (Å²) in [5.41, 5.74) is 2.23. The monoisotopic (exact) mass is 355 g/mol. The van der Waals surface area contributed by atoms with Crippen molar-refractivity contribution in [1.82, 2.24) is 4.90 Å². The topological polar surface area (TPSA) is 76.1 Å². The number of morpholine rings is 1. The van der Waals surface area contributed by atoms with Crippen LogP contribution in [0.2, 0.25) is 0 Å². The van der Waals surface area contributed by atoms with Crippen molar-refractivity contribution in [3.05, 3.63) is 54.1 Å². The molecule has 1 unspecified atom stereocenters. The zero-order valence-corrected chi connectivity index (χ0v) is 14.6. The number of phenolic OH excluding ortho intramolecular Hbond substituents is 1. The van der Waals surface area contributed by atoms with Gasteiger partial charge in [0.15, 0.2) is 6.10 Å². The molecule has 1 N–H and O–H groups in total. The lowest BCUT2D eigenvalue weighted by Gasteiger charge is -2.28. The smallest absolute Gasteiger partial charge is 0.338 e. The van der Waals surface area contributed by atoms with Crippen molar-refractivity contribution < 1.29 is 24.2 Å². The number of rotatable bonds is 4. The van der Waals surface area contributed by atoms with E-state index in [1.807, 2.05) is 0 Å². The maximum Gasteiger partial charge on any atom is 0.338 e. The van der Waals surface area contributed by atoms with Crippen LogP contribution in [0.4, 0.5) is 0 Å². The fraction of sp³-hybridized carbons (Fsp3) is 0.300. The summed E-state index contributed by atoms with van der Waals surface area (Å²) in [6.07, 6.45) is -0.836. The van der Waals surface area contributed by atoms with E-state index in [0.717, 1.165) is 11.1 Å². The molecule has 3 rings (SSSR count). The fourth-order valence-electron chi connectivity index (χ4n) is 2.77. The van der Waals surface area contributed by atoms with E-state index in [4.69, 9.17) is 9.47 Å². The van der Waals surface area contributed by atoms with Crippen molar-refractivity contribution in [2.45, 2.75) is 13.0 Å². The van der Waals surface area contributed by atoms with Crippen molar-refractivity contribution in [2.24, 2.45) is 0 Å². The van der Waals surface area contributed by atoms with Crippen molar-refractivity contribution in [3.8, 4) is 16.9 Å². The van der Waals surface area contributed by atoms with Gasteiger partial charge >= 0.3 is 5.97 Å². The van der Waals surface area contributed by atoms with E-state index >= 15 is 0 Å². The quantitative estimate of drug-likeness (QED) is 0.853. The molecule has 0 spiro atoms. The SMILES string of the molecule is CC(OC(=O)c1ccc(-c2ccc(O)cc2)cc1)C(=O)N1CCOCC1. The zero-order valence-electron chi connectivity index (χ0n) is 14.6. The number of esters is 1. The predicted octanol–water partition coefficient (Wildman–Crippen LogP) is 2.46. The molecule has 1 amide bonds. The van der Waals surface area contributed by atoms with E-state index in [-0.39, 0.29) is 11.7 Å². The molecule has 1 aliphatic rings. The van der Waals surface area contributed by atoms with Crippen LogP contribution in [-0.2, 0) is 14.3 Å². The first-order valence-electron chi connectivity index (χ1n) is 8.51. The van der Waals surface area contributed by atoms with E-state index in [1.54, 1.807) is 60.4 Å². The molecular weight excluding hydrogens is 334 g/mol. The standard InChI is InChI=1S/C20H21NO5/c1-14(19(23)21-10-12-25-13-11-21)26-20(24)17-4-2-15(3-5-17)16-6-8-18(22)9-7-16/h2-9,14,22H,10-13H2,1H3. The molecule has 1 aliphatic heterocycles. The van der Waals surface area contributed by atoms with Crippen LogP contribution in [0.1, 0.15) is 17.3 Å². The average molecular weight is 355 g/mol. The zero-order chi connectivity index (χ0) is 18.5. The highest BCUT2D eigenvalue weighted by molar-refractivity contribution is 5.92. The van der Waals surface area contributed by atoms with Gasteiger partial charge in [-0.3, -0.25) is 4.79 Å². The number of ether oxygens (including phenoxy) is 2. The average Bonchev–Trinajstić information content (AvgIpc) is 2.68. The lowest BCUT2D eigenvalue weighted by atomic mass is 10.0. The highest BCUT2D eigenvalue weighted by Crippen LogP contribution is 2.22. The van der Waals surface area contributed by atoms with E-state index < -0.39 is 12.1 Å². The van der Waals surface area contributed by atoms with Gasteiger partial charge in [-0.1, -0.05) is 24.3 Å². The molecule has 2 aromatic rings. The Morgan fingerprint density at radius 1 is 1.00 bits per heavy atom. The molecule has 0 saturated carbocycles. The Morgan fingerprint density at radius 2 is 1.54 bits per heavy atom. The molecule has 26 heavy (non-hydrogen) atoms. The molecule has 136 valence electrons. The largest absolute Gasteiger partial charge is 0.508 e. The summed E-state index contributed by atoms with van der Waals surface area (Å²) in [5, 5.41) is 9.34. The first kappa shape index (κ1) is 17.9. The first-order chi connectivity index (χ1) is 12.5. The lowest BCUT2D eigenvalue weighted by Crippen LogP contribution is -2.46. The summed E-state index contributed by atoms with van der Waals surface area (Å²) in [6, 6.07) is 13.7. The van der Waals surface area contributed by atoms with Gasteiger partial charge in [-0.25, -0.2) is 4.79 Å². The number of benzene rings is 2. The van der Waals surface area contributed by atoms with Crippen LogP contribution in [0.5, 0.6) is 5.75 Å². The van der Waals surface area contributed by atoms with Gasteiger partial charge in [-0.2, -0.15) is 0 Å². The van der Waals surface area contributed by atoms with E-state index in [9.17, 15) is 14.7 Å². The molecule has 1 atom stereocenters. The van der Waals surface area contributed by atoms with Crippen LogP contribution in [0, 0.1) is 0 Å². The Kier molecular flexibility index (Phi) is 5.53. The number of hydrogen-bond acceptors (Lipinski definition) is 5. The second-order valence-electron chi connectivity index (χ2n) is 6.11. The third-order valence-corrected chi connectivity index (χ3v) is 4.28. The van der Waals surface area contributed by atoms with Crippen LogP contribution in [0.3, 0.4) is 0 Å². The summed E-state index contributed by atoms with van der Waals surface area (Å²) in [7, 11) is 0. The summed E-state index contributed by atoms with van der Waals surface area (Å²) in [6.45, 7) is 3.63. The van der Waals surface area contributed by atoms with Crippen LogP contribution in [0.25, 0.3) is 11.1 Å². The second kappa shape index (κ2) is 8.01. The molecule has 0 radical (unpaired) electrons. The molecule has 6 heteroatoms. The highest BCUT2D eigenvalue weighted by Gasteiger charge is 2.25. The minimum absolute atomic E-state index is 0.202. The molecular formula is C20H21NO5. The van der Waals surface area contributed by atoms with Crippen molar-refractivity contribution in [2.75, 3.05) is 26.3 Å². The lowest BCUT2D eigenvalue weighted by molar-refractivity contribution is -0.143. The second-order valence-corrected chi connectivity index (χ2v) is 6.11. The van der Waals surface area contributed by atoms with Gasteiger partial charge in [-0.15, -0.1) is 0 Å². The van der Waals surface area contributed by atoms with Crippen LogP contribution < -0.4 is 0 Å². The molecule has 1 heterocycles. The van der Waals surface area contributed by atoms with Crippen LogP contribution in [0.15, 0.2) is 48.5 Å². The highest BCUT2D eigenvalue weighted by atomic mass is 16.5. The van der Waals surface area contributed by atoms with E-state index in [2.05, 4.69) is 0 Å². The molecule has 2 aromatic carbocycles. The first-order valence-corrected chi connectivity index (χ1v) is 8.51. The van der Waals surface area contributed by atoms with Gasteiger partial charge < -0.3 is 19.5 Å². The Bertz CT molecular complexity index is 764. The van der Waals surface area contributed by atoms with Crippen molar-refractivity contribution >= 4 is 11.9 Å². The molecule has 6 nitrogen and oxygen atoms in total. The predicted molar refractivity (Wildman–Crippen MR) is 95.8 cm³/mol. The number of hydrogen-bond donors (Lipinski definition) is 1. The van der Waals surface area contributed by atoms with E-state index in [0.29, 0.717) is 31.9 Å². The number of nitrogens with zero attached hydrogens (tertiary/aromatic N) is 1. The number of phenols is 1. The summed E-state index contributed by atoms with van der Waals surface area (Å²) >= 11 is 0. The maximum absolute atomic E-state index is 12.3. The summed E-state index contributed by atoms with van der Waals surface area (Å²) in [5.74, 6) is -0.536. The van der Waals surface area contributed by atoms with Crippen LogP contribution in [-0.4, -0.2) is 54.3 Å². The number of amides is 1. The van der Waals surface area contributed by atoms with Gasteiger partial charge in [0.2, 0.25) is 0 Å². The summed E-state index contributed by atoms with van der Waals surface area (Å²) in [4.78, 5) is 26.2. The Hall–Kier alpha value is -2.86. The minimum Gasteiger partial charge on any atom is -0.508 e. The van der Waals surface area contributed by atoms with Gasteiger partial charge in [0.05, 0.1) is 18.8 Å². The fourth-order valence-corrected chi connectivity index (χ4v) is 2.77. The third-order valence-electron chi connectivity index (χ3n) is 4.28. The minimum atomic E-state index is -0.836. The van der Waals surface area contributed by atoms with Crippen molar-refractivity contribution in [3.63, 3.8) is 0 Å². The third kappa shape index (κ3) is 4.21. The molecule has 0 aliphatic carbocycles. The molecule has 0 aromatic heterocycles. The molecule has 0 bridgehead atoms. The summed E-state index contributed by atoms with van der Waals surface area (Å²) < 4.78 is 10.5. The number of carbonyl (C=O) groups excluding carboxylic acids is 2. The van der Waals surface area contributed by atoms with Crippen molar-refractivity contribution in [1.29, 1.82) is 0 Å². The van der Waals surface area contributed by atoms with Gasteiger partial charge in [0.1, 0.15) is 5.75 Å². The Morgan fingerprint density at radius 3 is 2.12 bits per heavy atom.